The molecule has 0 aliphatic carbocycles. The lowest BCUT2D eigenvalue weighted by Gasteiger charge is -2.23. The molecule has 1 heterocycles. The molecule has 1 N–H and O–H groups in total. The number of hydrogen-bond acceptors (Lipinski definition) is 4. The first-order valence-corrected chi connectivity index (χ1v) is 8.31. The summed E-state index contributed by atoms with van der Waals surface area (Å²) in [5, 5.41) is -0.526. The first kappa shape index (κ1) is 12.9. The quantitative estimate of drug-likeness (QED) is 0.763. The van der Waals surface area contributed by atoms with E-state index in [2.05, 4.69) is 4.72 Å². The average Bonchev–Trinajstić information content (AvgIpc) is 2.00. The summed E-state index contributed by atoms with van der Waals surface area (Å²) in [5.74, 6) is 0.103. The lowest BCUT2D eigenvalue weighted by atomic mass is 10.2. The van der Waals surface area contributed by atoms with Crippen molar-refractivity contribution in [2.45, 2.75) is 38.0 Å². The summed E-state index contributed by atoms with van der Waals surface area (Å²) in [6, 6.07) is -0.448. The second-order valence-electron chi connectivity index (χ2n) is 4.17. The van der Waals surface area contributed by atoms with Crippen molar-refractivity contribution in [1.82, 2.24) is 4.72 Å². The zero-order valence-electron chi connectivity index (χ0n) is 8.93. The van der Waals surface area contributed by atoms with E-state index in [4.69, 9.17) is 0 Å². The molecule has 0 spiro atoms. The van der Waals surface area contributed by atoms with Crippen molar-refractivity contribution < 1.29 is 16.8 Å². The molecule has 0 aromatic heterocycles. The molecule has 1 fully saturated rings. The van der Waals surface area contributed by atoms with Gasteiger partial charge in [0.1, 0.15) is 0 Å². The van der Waals surface area contributed by atoms with Crippen molar-refractivity contribution in [3.63, 3.8) is 0 Å². The van der Waals surface area contributed by atoms with Crippen molar-refractivity contribution in [3.8, 4) is 0 Å². The Balaban J connectivity index is 2.68. The van der Waals surface area contributed by atoms with E-state index < -0.39 is 31.2 Å². The SMILES string of the molecule is CC(C)S(=O)(=O)NC1CCCS(=O)(=O)C1. The van der Waals surface area contributed by atoms with Crippen LogP contribution in [-0.2, 0) is 19.9 Å². The molecule has 1 atom stereocenters. The zero-order chi connectivity index (χ0) is 11.7. The number of sulfonamides is 1. The molecule has 1 unspecified atom stereocenters. The van der Waals surface area contributed by atoms with Crippen LogP contribution >= 0.6 is 0 Å². The molecule has 0 amide bonds. The van der Waals surface area contributed by atoms with Crippen LogP contribution in [0.2, 0.25) is 0 Å². The summed E-state index contributed by atoms with van der Waals surface area (Å²) in [5.41, 5.74) is 0. The van der Waals surface area contributed by atoms with Crippen LogP contribution in [0.5, 0.6) is 0 Å². The highest BCUT2D eigenvalue weighted by molar-refractivity contribution is 7.91. The van der Waals surface area contributed by atoms with E-state index in [1.807, 2.05) is 0 Å². The highest BCUT2D eigenvalue weighted by atomic mass is 32.2. The molecule has 0 bridgehead atoms. The topological polar surface area (TPSA) is 80.3 Å². The number of hydrogen-bond donors (Lipinski definition) is 1. The second kappa shape index (κ2) is 4.39. The number of sulfone groups is 1. The molecule has 1 aliphatic heterocycles. The first-order valence-electron chi connectivity index (χ1n) is 4.94. The Morgan fingerprint density at radius 2 is 1.93 bits per heavy atom. The van der Waals surface area contributed by atoms with Gasteiger partial charge in [0.2, 0.25) is 10.0 Å². The summed E-state index contributed by atoms with van der Waals surface area (Å²) in [4.78, 5) is 0. The Labute approximate surface area is 91.2 Å². The summed E-state index contributed by atoms with van der Waals surface area (Å²) < 4.78 is 48.0. The fourth-order valence-corrected chi connectivity index (χ4v) is 4.16. The zero-order valence-corrected chi connectivity index (χ0v) is 10.6. The Kier molecular flexibility index (Phi) is 3.78. The van der Waals surface area contributed by atoms with Gasteiger partial charge in [0.05, 0.1) is 16.8 Å². The normalized spacial score (nSPS) is 26.7. The lowest BCUT2D eigenvalue weighted by molar-refractivity contribution is 0.513. The number of nitrogens with one attached hydrogen (secondary N) is 1. The summed E-state index contributed by atoms with van der Waals surface area (Å²) in [6.07, 6.45) is 1.14. The highest BCUT2D eigenvalue weighted by Gasteiger charge is 2.28. The predicted octanol–water partition coefficient (Wildman–Crippen LogP) is -0.109. The smallest absolute Gasteiger partial charge is 0.214 e. The van der Waals surface area contributed by atoms with Gasteiger partial charge in [0, 0.05) is 6.04 Å². The maximum Gasteiger partial charge on any atom is 0.214 e. The van der Waals surface area contributed by atoms with Gasteiger partial charge in [-0.1, -0.05) is 0 Å². The van der Waals surface area contributed by atoms with Crippen LogP contribution in [0.25, 0.3) is 0 Å². The molecule has 1 rings (SSSR count). The third-order valence-corrected chi connectivity index (χ3v) is 6.14. The van der Waals surface area contributed by atoms with Crippen LogP contribution in [0.1, 0.15) is 26.7 Å². The van der Waals surface area contributed by atoms with E-state index in [1.54, 1.807) is 13.8 Å². The molecule has 0 aromatic carbocycles. The van der Waals surface area contributed by atoms with Crippen LogP contribution in [0.4, 0.5) is 0 Å². The molecule has 0 aromatic rings. The van der Waals surface area contributed by atoms with Crippen molar-refractivity contribution in [1.29, 1.82) is 0 Å². The fraction of sp³-hybridized carbons (Fsp3) is 1.00. The first-order chi connectivity index (χ1) is 6.73. The lowest BCUT2D eigenvalue weighted by Crippen LogP contribution is -2.45. The van der Waals surface area contributed by atoms with Crippen LogP contribution < -0.4 is 4.72 Å². The molecule has 5 nitrogen and oxygen atoms in total. The van der Waals surface area contributed by atoms with E-state index in [-0.39, 0.29) is 11.5 Å². The molecule has 0 saturated carbocycles. The van der Waals surface area contributed by atoms with Gasteiger partial charge in [-0.05, 0) is 26.7 Å². The van der Waals surface area contributed by atoms with E-state index in [9.17, 15) is 16.8 Å². The molecule has 7 heteroatoms. The molecule has 15 heavy (non-hydrogen) atoms. The summed E-state index contributed by atoms with van der Waals surface area (Å²) in [6.45, 7) is 3.14. The highest BCUT2D eigenvalue weighted by Crippen LogP contribution is 2.13. The van der Waals surface area contributed by atoms with Gasteiger partial charge in [-0.2, -0.15) is 0 Å². The molecule has 1 aliphatic rings. The third kappa shape index (κ3) is 3.73. The van der Waals surface area contributed by atoms with E-state index >= 15 is 0 Å². The fourth-order valence-electron chi connectivity index (χ4n) is 1.48. The van der Waals surface area contributed by atoms with Gasteiger partial charge in [-0.15, -0.1) is 0 Å². The Morgan fingerprint density at radius 1 is 1.33 bits per heavy atom. The Morgan fingerprint density at radius 3 is 2.40 bits per heavy atom. The minimum atomic E-state index is -3.36. The van der Waals surface area contributed by atoms with E-state index in [0.29, 0.717) is 12.8 Å². The Bertz CT molecular complexity index is 410. The van der Waals surface area contributed by atoms with Crippen LogP contribution in [0.3, 0.4) is 0 Å². The van der Waals surface area contributed by atoms with Crippen LogP contribution in [0, 0.1) is 0 Å². The second-order valence-corrected chi connectivity index (χ2v) is 8.66. The molecule has 0 radical (unpaired) electrons. The standard InChI is InChI=1S/C8H17NO4S2/c1-7(2)15(12,13)9-8-4-3-5-14(10,11)6-8/h7-9H,3-6H2,1-2H3. The summed E-state index contributed by atoms with van der Waals surface area (Å²) >= 11 is 0. The minimum absolute atomic E-state index is 0.0705. The molecule has 1 saturated heterocycles. The van der Waals surface area contributed by atoms with Crippen molar-refractivity contribution in [2.24, 2.45) is 0 Å². The van der Waals surface area contributed by atoms with Gasteiger partial charge < -0.3 is 0 Å². The largest absolute Gasteiger partial charge is 0.229 e. The molecular formula is C8H17NO4S2. The summed E-state index contributed by atoms with van der Waals surface area (Å²) in [7, 11) is -6.42. The van der Waals surface area contributed by atoms with E-state index in [0.717, 1.165) is 0 Å². The number of rotatable bonds is 3. The van der Waals surface area contributed by atoms with E-state index in [1.165, 1.54) is 0 Å². The molecular weight excluding hydrogens is 238 g/mol. The van der Waals surface area contributed by atoms with Crippen molar-refractivity contribution in [2.75, 3.05) is 11.5 Å². The van der Waals surface area contributed by atoms with Crippen molar-refractivity contribution >= 4 is 19.9 Å². The monoisotopic (exact) mass is 255 g/mol. The average molecular weight is 255 g/mol. The third-order valence-electron chi connectivity index (χ3n) is 2.41. The van der Waals surface area contributed by atoms with Gasteiger partial charge >= 0.3 is 0 Å². The van der Waals surface area contributed by atoms with Crippen LogP contribution in [-0.4, -0.2) is 39.6 Å². The minimum Gasteiger partial charge on any atom is -0.229 e. The maximum absolute atomic E-state index is 11.5. The van der Waals surface area contributed by atoms with Crippen molar-refractivity contribution in [3.05, 3.63) is 0 Å². The Hall–Kier alpha value is -0.140. The van der Waals surface area contributed by atoms with Gasteiger partial charge in [0.25, 0.3) is 0 Å². The predicted molar refractivity (Wildman–Crippen MR) is 58.9 cm³/mol. The van der Waals surface area contributed by atoms with Crippen LogP contribution in [0.15, 0.2) is 0 Å². The maximum atomic E-state index is 11.5. The van der Waals surface area contributed by atoms with Gasteiger partial charge in [-0.3, -0.25) is 0 Å². The van der Waals surface area contributed by atoms with Gasteiger partial charge in [0.15, 0.2) is 9.84 Å². The van der Waals surface area contributed by atoms with Gasteiger partial charge in [-0.25, -0.2) is 21.6 Å². The molecule has 90 valence electrons.